The first-order valence-electron chi connectivity index (χ1n) is 7.11. The van der Waals surface area contributed by atoms with Crippen LogP contribution in [0.25, 0.3) is 10.8 Å². The molecule has 0 saturated heterocycles. The van der Waals surface area contributed by atoms with Crippen molar-refractivity contribution in [3.63, 3.8) is 0 Å². The van der Waals surface area contributed by atoms with Gasteiger partial charge in [-0.25, -0.2) is 0 Å². The molecule has 0 bridgehead atoms. The highest BCUT2D eigenvalue weighted by atomic mass is 16.2. The molecule has 4 rings (SSSR count). The van der Waals surface area contributed by atoms with E-state index in [0.29, 0.717) is 22.2 Å². The van der Waals surface area contributed by atoms with Crippen molar-refractivity contribution in [2.75, 3.05) is 0 Å². The molecule has 23 heavy (non-hydrogen) atoms. The Kier molecular flexibility index (Phi) is 2.98. The zero-order valence-corrected chi connectivity index (χ0v) is 12.0. The fraction of sp³-hybridized carbons (Fsp3) is 0. The lowest BCUT2D eigenvalue weighted by molar-refractivity contribution is 0.0616. The van der Waals surface area contributed by atoms with Crippen LogP contribution in [-0.2, 0) is 0 Å². The molecule has 0 saturated carbocycles. The lowest BCUT2D eigenvalue weighted by Gasteiger charge is -2.22. The fourth-order valence-electron chi connectivity index (χ4n) is 2.69. The van der Waals surface area contributed by atoms with Crippen molar-refractivity contribution in [1.29, 1.82) is 0 Å². The lowest BCUT2D eigenvalue weighted by Crippen LogP contribution is -2.36. The Balaban J connectivity index is 1.82. The van der Waals surface area contributed by atoms with E-state index in [0.717, 1.165) is 10.4 Å². The van der Waals surface area contributed by atoms with Crippen molar-refractivity contribution in [3.8, 4) is 0 Å². The van der Waals surface area contributed by atoms with E-state index in [1.54, 1.807) is 42.6 Å². The number of pyridine rings is 1. The number of rotatable bonds is 2. The summed E-state index contributed by atoms with van der Waals surface area (Å²) in [6.45, 7) is 0. The summed E-state index contributed by atoms with van der Waals surface area (Å²) in [5, 5.41) is 6.50. The number of nitrogens with zero attached hydrogens (tertiary/aromatic N) is 3. The van der Waals surface area contributed by atoms with Crippen molar-refractivity contribution < 1.29 is 9.59 Å². The Bertz CT molecular complexity index is 914. The largest absolute Gasteiger partial charge is 0.282 e. The van der Waals surface area contributed by atoms with E-state index in [4.69, 9.17) is 0 Å². The Labute approximate surface area is 131 Å². The topological polar surface area (TPSA) is 62.6 Å². The number of carbonyl (C=O) groups excluding carboxylic acids is 2. The quantitative estimate of drug-likeness (QED) is 0.540. The van der Waals surface area contributed by atoms with Crippen molar-refractivity contribution in [3.05, 3.63) is 77.6 Å². The normalized spacial score (nSPS) is 14.0. The molecular formula is C18H11N3O2. The summed E-state index contributed by atoms with van der Waals surface area (Å²) in [6, 6.07) is 16.1. The lowest BCUT2D eigenvalue weighted by atomic mass is 9.95. The van der Waals surface area contributed by atoms with Crippen molar-refractivity contribution >= 4 is 28.8 Å². The molecular weight excluding hydrogens is 290 g/mol. The van der Waals surface area contributed by atoms with Gasteiger partial charge in [0.05, 0.1) is 23.0 Å². The maximum Gasteiger partial charge on any atom is 0.282 e. The zero-order chi connectivity index (χ0) is 15.8. The van der Waals surface area contributed by atoms with E-state index in [9.17, 15) is 9.59 Å². The second-order valence-corrected chi connectivity index (χ2v) is 5.13. The van der Waals surface area contributed by atoms with Gasteiger partial charge in [0.2, 0.25) is 0 Å². The third kappa shape index (κ3) is 2.10. The third-order valence-electron chi connectivity index (χ3n) is 3.74. The highest BCUT2D eigenvalue weighted by Crippen LogP contribution is 2.29. The minimum absolute atomic E-state index is 0.425. The van der Waals surface area contributed by atoms with Crippen LogP contribution in [0.15, 0.2) is 65.9 Å². The Morgan fingerprint density at radius 2 is 1.57 bits per heavy atom. The molecule has 2 aromatic carbocycles. The van der Waals surface area contributed by atoms with Gasteiger partial charge >= 0.3 is 0 Å². The molecule has 0 radical (unpaired) electrons. The first-order valence-corrected chi connectivity index (χ1v) is 7.11. The van der Waals surface area contributed by atoms with Crippen LogP contribution in [0.5, 0.6) is 0 Å². The Morgan fingerprint density at radius 3 is 2.17 bits per heavy atom. The number of aromatic nitrogens is 1. The average Bonchev–Trinajstić information content (AvgIpc) is 2.60. The van der Waals surface area contributed by atoms with Gasteiger partial charge in [-0.15, -0.1) is 0 Å². The van der Waals surface area contributed by atoms with Crippen LogP contribution in [0.4, 0.5) is 0 Å². The van der Waals surface area contributed by atoms with E-state index >= 15 is 0 Å². The van der Waals surface area contributed by atoms with E-state index in [2.05, 4.69) is 10.1 Å². The van der Waals surface area contributed by atoms with Crippen LogP contribution in [0.1, 0.15) is 26.4 Å². The van der Waals surface area contributed by atoms with E-state index in [1.165, 1.54) is 6.21 Å². The number of benzene rings is 2. The minimum atomic E-state index is -0.425. The first-order chi connectivity index (χ1) is 11.3. The van der Waals surface area contributed by atoms with Crippen molar-refractivity contribution in [1.82, 2.24) is 9.99 Å². The molecule has 1 aliphatic heterocycles. The number of amides is 2. The molecule has 0 spiro atoms. The molecule has 1 aromatic heterocycles. The van der Waals surface area contributed by atoms with Gasteiger partial charge in [0.1, 0.15) is 0 Å². The molecule has 1 aliphatic rings. The van der Waals surface area contributed by atoms with Crippen molar-refractivity contribution in [2.24, 2.45) is 5.10 Å². The summed E-state index contributed by atoms with van der Waals surface area (Å²) < 4.78 is 0. The highest BCUT2D eigenvalue weighted by molar-refractivity contribution is 6.25. The molecule has 0 fully saturated rings. The molecule has 0 aliphatic carbocycles. The average molecular weight is 301 g/mol. The van der Waals surface area contributed by atoms with E-state index in [-0.39, 0.29) is 0 Å². The molecule has 0 unspecified atom stereocenters. The zero-order valence-electron chi connectivity index (χ0n) is 12.0. The number of hydrazone groups is 1. The fourth-order valence-corrected chi connectivity index (χ4v) is 2.69. The van der Waals surface area contributed by atoms with E-state index in [1.807, 2.05) is 18.2 Å². The molecule has 5 heteroatoms. The summed E-state index contributed by atoms with van der Waals surface area (Å²) in [5.41, 5.74) is 1.54. The van der Waals surface area contributed by atoms with Crippen LogP contribution in [0.3, 0.4) is 0 Å². The van der Waals surface area contributed by atoms with Gasteiger partial charge in [-0.2, -0.15) is 10.1 Å². The summed E-state index contributed by atoms with van der Waals surface area (Å²) in [4.78, 5) is 29.3. The monoisotopic (exact) mass is 301 g/mol. The summed E-state index contributed by atoms with van der Waals surface area (Å²) >= 11 is 0. The van der Waals surface area contributed by atoms with Crippen LogP contribution in [-0.4, -0.2) is 28.0 Å². The molecule has 2 heterocycles. The van der Waals surface area contributed by atoms with Gasteiger partial charge in [-0.1, -0.05) is 30.3 Å². The SMILES string of the molecule is O=C1c2cccc3cccc(c23)C(=O)N1/N=C/c1ccccn1. The van der Waals surface area contributed by atoms with Gasteiger partial charge in [0.25, 0.3) is 11.8 Å². The number of carbonyl (C=O) groups is 2. The predicted octanol–water partition coefficient (Wildman–Crippen LogP) is 2.86. The Morgan fingerprint density at radius 1 is 0.870 bits per heavy atom. The molecule has 3 aromatic rings. The van der Waals surface area contributed by atoms with E-state index < -0.39 is 11.8 Å². The Hall–Kier alpha value is -3.34. The molecule has 0 atom stereocenters. The minimum Gasteiger partial charge on any atom is -0.267 e. The highest BCUT2D eigenvalue weighted by Gasteiger charge is 2.32. The summed E-state index contributed by atoms with van der Waals surface area (Å²) in [6.07, 6.45) is 3.03. The third-order valence-corrected chi connectivity index (χ3v) is 3.74. The second kappa shape index (κ2) is 5.14. The summed E-state index contributed by atoms with van der Waals surface area (Å²) in [7, 11) is 0. The van der Waals surface area contributed by atoms with Crippen LogP contribution >= 0.6 is 0 Å². The standard InChI is InChI=1S/C18H11N3O2/c22-17-14-8-3-5-12-6-4-9-15(16(12)14)18(23)21(17)20-11-13-7-1-2-10-19-13/h1-11H/b20-11+. The van der Waals surface area contributed by atoms with Gasteiger partial charge in [-0.3, -0.25) is 14.6 Å². The van der Waals surface area contributed by atoms with Gasteiger partial charge in [0, 0.05) is 11.6 Å². The van der Waals surface area contributed by atoms with Crippen LogP contribution in [0, 0.1) is 0 Å². The predicted molar refractivity (Wildman–Crippen MR) is 86.3 cm³/mol. The maximum atomic E-state index is 12.6. The van der Waals surface area contributed by atoms with Crippen molar-refractivity contribution in [2.45, 2.75) is 0 Å². The molecule has 5 nitrogen and oxygen atoms in total. The first kappa shape index (κ1) is 13.3. The van der Waals surface area contributed by atoms with Gasteiger partial charge in [0.15, 0.2) is 0 Å². The van der Waals surface area contributed by atoms with Crippen LogP contribution in [0.2, 0.25) is 0 Å². The molecule has 0 N–H and O–H groups in total. The second-order valence-electron chi connectivity index (χ2n) is 5.13. The van der Waals surface area contributed by atoms with Gasteiger partial charge < -0.3 is 0 Å². The van der Waals surface area contributed by atoms with Gasteiger partial charge in [-0.05, 0) is 29.7 Å². The number of hydrogen-bond acceptors (Lipinski definition) is 4. The number of hydrogen-bond donors (Lipinski definition) is 0. The molecule has 2 amide bonds. The molecule has 110 valence electrons. The smallest absolute Gasteiger partial charge is 0.267 e. The maximum absolute atomic E-state index is 12.6. The van der Waals surface area contributed by atoms with Crippen LogP contribution < -0.4 is 0 Å². The number of imide groups is 1. The summed E-state index contributed by atoms with van der Waals surface area (Å²) in [5.74, 6) is -0.849.